The third-order valence-electron chi connectivity index (χ3n) is 10.00. The van der Waals surface area contributed by atoms with Crippen LogP contribution in [-0.2, 0) is 49.2 Å². The van der Waals surface area contributed by atoms with Crippen molar-refractivity contribution in [2.75, 3.05) is 20.8 Å². The number of aryl methyl sites for hydroxylation is 1. The van der Waals surface area contributed by atoms with Crippen LogP contribution in [0.5, 0.6) is 0 Å². The molecular formula is C37H55NO11. The average molecular weight is 690 g/mol. The zero-order chi connectivity index (χ0) is 36.9. The number of carbonyl (C=O) groups is 4. The maximum Gasteiger partial charge on any atom is 0.405 e. The van der Waals surface area contributed by atoms with Crippen LogP contribution in [0.4, 0.5) is 4.79 Å². The number of hydrogen-bond acceptors (Lipinski definition) is 11. The molecule has 0 radical (unpaired) electrons. The normalized spacial score (nSPS) is 34.5. The molecule has 1 aliphatic heterocycles. The van der Waals surface area contributed by atoms with Gasteiger partial charge in [-0.15, -0.1) is 0 Å². The van der Waals surface area contributed by atoms with E-state index >= 15 is 0 Å². The van der Waals surface area contributed by atoms with Crippen LogP contribution in [0.25, 0.3) is 0 Å². The molecule has 2 aliphatic carbocycles. The second-order valence-corrected chi connectivity index (χ2v) is 14.9. The summed E-state index contributed by atoms with van der Waals surface area (Å²) in [6, 6.07) is 9.67. The van der Waals surface area contributed by atoms with Gasteiger partial charge < -0.3 is 39.3 Å². The van der Waals surface area contributed by atoms with E-state index in [1.165, 1.54) is 14.0 Å². The van der Waals surface area contributed by atoms with Crippen LogP contribution in [0.2, 0.25) is 0 Å². The fraction of sp³-hybridized carbons (Fsp3) is 0.676. The Morgan fingerprint density at radius 2 is 1.65 bits per heavy atom. The number of aliphatic hydroxyl groups is 1. The molecular weight excluding hydrogens is 634 g/mol. The largest absolute Gasteiger partial charge is 0.458 e. The maximum atomic E-state index is 14.6. The lowest BCUT2D eigenvalue weighted by Crippen LogP contribution is -2.76. The number of esters is 2. The fourth-order valence-electron chi connectivity index (χ4n) is 7.46. The molecule has 8 atom stereocenters. The lowest BCUT2D eigenvalue weighted by Gasteiger charge is -2.63. The van der Waals surface area contributed by atoms with Crippen LogP contribution in [0.1, 0.15) is 86.6 Å². The molecule has 0 aromatic heterocycles. The zero-order valence-corrected chi connectivity index (χ0v) is 30.6. The summed E-state index contributed by atoms with van der Waals surface area (Å²) < 4.78 is 34.1. The number of benzene rings is 1. The molecule has 1 saturated heterocycles. The van der Waals surface area contributed by atoms with Gasteiger partial charge in [0.25, 0.3) is 0 Å². The second-order valence-electron chi connectivity index (χ2n) is 14.9. The Kier molecular flexibility index (Phi) is 12.9. The summed E-state index contributed by atoms with van der Waals surface area (Å²) in [5.41, 5.74) is 2.86. The number of rotatable bonds is 7. The van der Waals surface area contributed by atoms with Gasteiger partial charge in [-0.25, -0.2) is 4.79 Å². The Hall–Kier alpha value is -3.32. The first-order valence-corrected chi connectivity index (χ1v) is 16.7. The molecule has 274 valence electrons. The monoisotopic (exact) mass is 689 g/mol. The van der Waals surface area contributed by atoms with Crippen molar-refractivity contribution in [1.29, 1.82) is 0 Å². The molecule has 1 saturated carbocycles. The van der Waals surface area contributed by atoms with E-state index in [-0.39, 0.29) is 31.7 Å². The Morgan fingerprint density at radius 3 is 2.12 bits per heavy atom. The van der Waals surface area contributed by atoms with Gasteiger partial charge in [-0.1, -0.05) is 30.3 Å². The number of primary amides is 1. The van der Waals surface area contributed by atoms with Gasteiger partial charge in [0.05, 0.1) is 23.7 Å². The van der Waals surface area contributed by atoms with E-state index in [4.69, 9.17) is 29.4 Å². The molecule has 4 rings (SSSR count). The van der Waals surface area contributed by atoms with Gasteiger partial charge in [0.2, 0.25) is 0 Å². The molecule has 0 spiro atoms. The smallest absolute Gasteiger partial charge is 0.405 e. The third-order valence-corrected chi connectivity index (χ3v) is 10.00. The molecule has 1 aromatic carbocycles. The molecule has 3 aliphatic rings. The predicted molar refractivity (Wildman–Crippen MR) is 180 cm³/mol. The van der Waals surface area contributed by atoms with E-state index in [0.29, 0.717) is 24.0 Å². The van der Waals surface area contributed by atoms with E-state index in [1.807, 2.05) is 44.2 Å². The highest BCUT2D eigenvalue weighted by Gasteiger charge is 2.71. The summed E-state index contributed by atoms with van der Waals surface area (Å²) in [4.78, 5) is 50.0. The maximum absolute atomic E-state index is 14.6. The number of ether oxygens (including phenoxy) is 6. The van der Waals surface area contributed by atoms with Crippen LogP contribution in [0, 0.1) is 11.3 Å². The Morgan fingerprint density at radius 1 is 1.02 bits per heavy atom. The minimum atomic E-state index is -1.40. The Labute approximate surface area is 290 Å². The summed E-state index contributed by atoms with van der Waals surface area (Å²) in [5, 5.41) is 11.9. The second kappa shape index (κ2) is 15.7. The molecule has 3 N–H and O–H groups in total. The summed E-state index contributed by atoms with van der Waals surface area (Å²) in [5.74, 6) is -1.78. The number of Topliss-reactive ketones (excluding diaryl/α,β-unsaturated/α-hetero) is 1. The van der Waals surface area contributed by atoms with Crippen LogP contribution >= 0.6 is 0 Å². The van der Waals surface area contributed by atoms with Crippen LogP contribution < -0.4 is 5.73 Å². The lowest BCUT2D eigenvalue weighted by molar-refractivity contribution is -0.325. The number of methoxy groups -OCH3 is 2. The van der Waals surface area contributed by atoms with Gasteiger partial charge in [0.1, 0.15) is 23.9 Å². The molecule has 6 unspecified atom stereocenters. The van der Waals surface area contributed by atoms with Crippen molar-refractivity contribution < 1.29 is 52.7 Å². The lowest BCUT2D eigenvalue weighted by atomic mass is 9.51. The first-order chi connectivity index (χ1) is 22.7. The Bertz CT molecular complexity index is 1380. The number of amides is 1. The Balaban J connectivity index is 0.000000723. The topological polar surface area (TPSA) is 170 Å². The molecule has 2 fully saturated rings. The first-order valence-electron chi connectivity index (χ1n) is 16.7. The summed E-state index contributed by atoms with van der Waals surface area (Å²) in [7, 11) is 3.03. The summed E-state index contributed by atoms with van der Waals surface area (Å²) in [6.45, 7) is 13.8. The number of fused-ring (bicyclic) bond motifs is 3. The highest BCUT2D eigenvalue weighted by molar-refractivity contribution is 5.92. The number of hydrogen-bond donors (Lipinski definition) is 2. The van der Waals surface area contributed by atoms with E-state index in [9.17, 15) is 24.3 Å². The standard InChI is InChI=1S/C32H44O9.C5H11NO2/c1-19-20(2)28(38-7)29(35)31(5)24(32(41-21(3)33)18-39-26(32)15-25(31)37-6)17-30(4,36)16-23(19)40-27(34)14-13-22-11-9-8-10-12-22;1-5(2,3)8-4(6)7/h8-12,23-26,28,36H,13-18H2,1-7H3;1-3H3,(H2,6,7)/b20-19+;/t23-,24?,25?,26?,28?,30?,31?,32+;/m0./s1. The van der Waals surface area contributed by atoms with Gasteiger partial charge in [-0.2, -0.15) is 0 Å². The van der Waals surface area contributed by atoms with Crippen molar-refractivity contribution >= 4 is 23.8 Å². The molecule has 12 nitrogen and oxygen atoms in total. The van der Waals surface area contributed by atoms with Crippen molar-refractivity contribution in [3.63, 3.8) is 0 Å². The summed E-state index contributed by atoms with van der Waals surface area (Å²) in [6.07, 6.45) is -2.30. The predicted octanol–water partition coefficient (Wildman–Crippen LogP) is 4.62. The SMILES string of the molecule is CC(C)(C)OC(N)=O.COC1C(=O)C2(C)C(OC)CC3OC[C@@]3(OC(C)=O)C2CC(C)(O)C[C@H](OC(=O)CCc2ccccc2)/C(C)=C/1C. The molecule has 0 bridgehead atoms. The molecule has 12 heteroatoms. The molecule has 1 amide bonds. The summed E-state index contributed by atoms with van der Waals surface area (Å²) >= 11 is 0. The van der Waals surface area contributed by atoms with Crippen LogP contribution in [0.3, 0.4) is 0 Å². The quantitative estimate of drug-likeness (QED) is 0.233. The van der Waals surface area contributed by atoms with Crippen molar-refractivity contribution in [1.82, 2.24) is 0 Å². The van der Waals surface area contributed by atoms with Crippen molar-refractivity contribution in [3.8, 4) is 0 Å². The first kappa shape index (κ1) is 40.1. The fourth-order valence-corrected chi connectivity index (χ4v) is 7.46. The van der Waals surface area contributed by atoms with Crippen LogP contribution in [0.15, 0.2) is 41.5 Å². The number of nitrogens with two attached hydrogens (primary N) is 1. The number of ketones is 1. The van der Waals surface area contributed by atoms with Gasteiger partial charge in [-0.05, 0) is 78.0 Å². The van der Waals surface area contributed by atoms with E-state index in [1.54, 1.807) is 41.7 Å². The molecule has 1 heterocycles. The van der Waals surface area contributed by atoms with Gasteiger partial charge in [0.15, 0.2) is 11.4 Å². The van der Waals surface area contributed by atoms with Crippen molar-refractivity contribution in [3.05, 3.63) is 47.0 Å². The van der Waals surface area contributed by atoms with Gasteiger partial charge in [0, 0.05) is 46.3 Å². The van der Waals surface area contributed by atoms with Crippen LogP contribution in [-0.4, -0.2) is 91.0 Å². The van der Waals surface area contributed by atoms with Crippen molar-refractivity contribution in [2.24, 2.45) is 17.1 Å². The van der Waals surface area contributed by atoms with Gasteiger partial charge >= 0.3 is 18.0 Å². The zero-order valence-electron chi connectivity index (χ0n) is 30.6. The van der Waals surface area contributed by atoms with Crippen molar-refractivity contribution in [2.45, 2.75) is 129 Å². The third kappa shape index (κ3) is 9.27. The minimum Gasteiger partial charge on any atom is -0.458 e. The molecule has 49 heavy (non-hydrogen) atoms. The molecule has 1 aromatic rings. The average Bonchev–Trinajstić information content (AvgIpc) is 2.99. The number of carbonyl (C=O) groups excluding carboxylic acids is 4. The highest BCUT2D eigenvalue weighted by Crippen LogP contribution is 2.58. The van der Waals surface area contributed by atoms with E-state index < -0.39 is 70.6 Å². The minimum absolute atomic E-state index is 0.0864. The van der Waals surface area contributed by atoms with E-state index in [0.717, 1.165) is 5.56 Å². The highest BCUT2D eigenvalue weighted by atomic mass is 16.6. The van der Waals surface area contributed by atoms with E-state index in [2.05, 4.69) is 4.74 Å². The van der Waals surface area contributed by atoms with Gasteiger partial charge in [-0.3, -0.25) is 14.4 Å².